The number of hydrogen-bond donors (Lipinski definition) is 21. The molecule has 0 radical (unpaired) electrons. The van der Waals surface area contributed by atoms with Crippen molar-refractivity contribution in [3.05, 3.63) is 0 Å². The van der Waals surface area contributed by atoms with Crippen molar-refractivity contribution in [1.82, 2.24) is 47.9 Å². The molecule has 32 N–H and O–H groups in total. The third kappa shape index (κ3) is 35.2. The highest BCUT2D eigenvalue weighted by molar-refractivity contribution is 5.96. The van der Waals surface area contributed by atoms with Gasteiger partial charge in [0.2, 0.25) is 53.2 Å². The molecule has 76 heavy (non-hydrogen) atoms. The van der Waals surface area contributed by atoms with E-state index >= 15 is 0 Å². The van der Waals surface area contributed by atoms with Gasteiger partial charge in [0.15, 0.2) is 29.8 Å². The number of amides is 9. The molecular formula is C40H77N25O11. The van der Waals surface area contributed by atoms with Gasteiger partial charge in [-0.1, -0.05) is 0 Å². The number of carbonyl (C=O) groups excluding carboxylic acids is 9. The second-order valence-corrected chi connectivity index (χ2v) is 16.3. The Morgan fingerprint density at radius 2 is 0.539 bits per heavy atom. The molecule has 5 atom stereocenters. The van der Waals surface area contributed by atoms with Crippen LogP contribution >= 0.6 is 0 Å². The Morgan fingerprint density at radius 3 is 0.763 bits per heavy atom. The fourth-order valence-corrected chi connectivity index (χ4v) is 6.18. The Kier molecular flexibility index (Phi) is 34.0. The van der Waals surface area contributed by atoms with Crippen LogP contribution in [-0.4, -0.2) is 190 Å². The third-order valence-corrected chi connectivity index (χ3v) is 9.80. The average molecular weight is 1080 g/mol. The van der Waals surface area contributed by atoms with Crippen molar-refractivity contribution >= 4 is 88.9 Å². The molecule has 0 aromatic heterocycles. The van der Waals surface area contributed by atoms with Crippen LogP contribution in [-0.2, 0) is 47.9 Å². The number of rotatable bonds is 39. The summed E-state index contributed by atoms with van der Waals surface area (Å²) < 4.78 is 0. The van der Waals surface area contributed by atoms with Crippen LogP contribution in [0.3, 0.4) is 0 Å². The van der Waals surface area contributed by atoms with E-state index in [9.17, 15) is 47.9 Å². The standard InChI is InChI=1S/C40H77N25O11/c41-21(6-1-11-52-36(42)43)31(72)57-16-26(66)62-22(7-2-12-53-37(44)45)32(73)58-17-27(67)63-23(8-3-13-54-38(46)47)33(74)59-18-28(68)64-24(9-4-14-55-39(48)49)34(75)60-19-29(69)65-25(10-5-15-56-40(50)51)35(76)61-20-30(70)71/h21-25H,1-20,41H2,(H,57,72)(H,58,73)(H,59,74)(H,60,75)(H,61,76)(H,62,66)(H,63,67)(H,64,68)(H,65,69)(H,70,71)(H4,42,43,52)(H4,44,45,53)(H4,46,47,54)(H4,48,49,55)(H4,50,51,56)/t21-,22-,23-,24-,25-/m0/s1. The van der Waals surface area contributed by atoms with E-state index in [-0.39, 0.29) is 120 Å². The average Bonchev–Trinajstić information content (AvgIpc) is 3.34. The van der Waals surface area contributed by atoms with Crippen molar-refractivity contribution in [2.75, 3.05) is 65.4 Å². The predicted octanol–water partition coefficient (Wildman–Crippen LogP) is -11.8. The number of nitrogens with one attached hydrogen (secondary N) is 9. The SMILES string of the molecule is NC(N)=NCCC[C@H](NC(=O)CNC(=O)[C@H](CCCN=C(N)N)NC(=O)CNC(=O)[C@H](CCCN=C(N)N)NC(=O)CNC(=O)[C@H](CCCN=C(N)N)NC(=O)CNC(=O)[C@@H](N)CCCN=C(N)N)C(=O)NCC(=O)O. The topological polar surface area (TPSA) is 647 Å². The maximum absolute atomic E-state index is 13.5. The zero-order chi connectivity index (χ0) is 57.6. The maximum Gasteiger partial charge on any atom is 0.322 e. The van der Waals surface area contributed by atoms with E-state index in [4.69, 9.17) is 68.2 Å². The zero-order valence-corrected chi connectivity index (χ0v) is 42.1. The molecule has 9 amide bonds. The number of aliphatic carboxylic acids is 1. The maximum atomic E-state index is 13.5. The summed E-state index contributed by atoms with van der Waals surface area (Å²) in [5.41, 5.74) is 59.4. The van der Waals surface area contributed by atoms with Crippen LogP contribution < -0.4 is 111 Å². The van der Waals surface area contributed by atoms with Crippen molar-refractivity contribution in [1.29, 1.82) is 0 Å². The highest BCUT2D eigenvalue weighted by Gasteiger charge is 2.27. The Labute approximate surface area is 437 Å². The van der Waals surface area contributed by atoms with Crippen molar-refractivity contribution < 1.29 is 53.1 Å². The van der Waals surface area contributed by atoms with E-state index in [2.05, 4.69) is 72.8 Å². The normalized spacial score (nSPS) is 12.3. The van der Waals surface area contributed by atoms with Gasteiger partial charge in [-0.2, -0.15) is 0 Å². The van der Waals surface area contributed by atoms with Gasteiger partial charge in [0.1, 0.15) is 30.7 Å². The number of carboxylic acid groups (broad SMARTS) is 1. The van der Waals surface area contributed by atoms with Gasteiger partial charge >= 0.3 is 5.97 Å². The van der Waals surface area contributed by atoms with Crippen LogP contribution in [0, 0.1) is 0 Å². The van der Waals surface area contributed by atoms with Crippen LogP contribution in [0.15, 0.2) is 25.0 Å². The van der Waals surface area contributed by atoms with E-state index in [1.54, 1.807) is 0 Å². The van der Waals surface area contributed by atoms with Crippen molar-refractivity contribution in [2.45, 2.75) is 94.4 Å². The number of guanidine groups is 5. The minimum atomic E-state index is -1.35. The lowest BCUT2D eigenvalue weighted by molar-refractivity contribution is -0.138. The second kappa shape index (κ2) is 38.6. The predicted molar refractivity (Wildman–Crippen MR) is 278 cm³/mol. The van der Waals surface area contributed by atoms with Gasteiger partial charge in [-0.05, 0) is 64.2 Å². The summed E-state index contributed by atoms with van der Waals surface area (Å²) in [5, 5.41) is 30.3. The van der Waals surface area contributed by atoms with Gasteiger partial charge in [-0.25, -0.2) is 0 Å². The van der Waals surface area contributed by atoms with Gasteiger partial charge < -0.3 is 116 Å². The minimum absolute atomic E-state index is 0.0206. The molecule has 36 heteroatoms. The summed E-state index contributed by atoms with van der Waals surface area (Å²) in [5.74, 6) is -9.89. The lowest BCUT2D eigenvalue weighted by Crippen LogP contribution is -2.55. The molecule has 0 aliphatic heterocycles. The fourth-order valence-electron chi connectivity index (χ4n) is 6.18. The van der Waals surface area contributed by atoms with Crippen LogP contribution in [0.2, 0.25) is 0 Å². The first-order valence-electron chi connectivity index (χ1n) is 23.6. The Balaban J connectivity index is 5.91. The summed E-state index contributed by atoms with van der Waals surface area (Å²) in [7, 11) is 0. The highest BCUT2D eigenvalue weighted by atomic mass is 16.4. The van der Waals surface area contributed by atoms with Crippen molar-refractivity contribution in [3.63, 3.8) is 0 Å². The Morgan fingerprint density at radius 1 is 0.329 bits per heavy atom. The number of aliphatic imine (C=N–C) groups is 5. The molecule has 0 spiro atoms. The van der Waals surface area contributed by atoms with Gasteiger partial charge in [0.05, 0.1) is 32.2 Å². The van der Waals surface area contributed by atoms with E-state index in [0.717, 1.165) is 0 Å². The summed E-state index contributed by atoms with van der Waals surface area (Å²) >= 11 is 0. The van der Waals surface area contributed by atoms with Crippen LogP contribution in [0.25, 0.3) is 0 Å². The van der Waals surface area contributed by atoms with Crippen LogP contribution in [0.5, 0.6) is 0 Å². The number of hydrogen-bond acceptors (Lipinski definition) is 16. The van der Waals surface area contributed by atoms with E-state index < -0.39 is 122 Å². The molecule has 0 bridgehead atoms. The summed E-state index contributed by atoms with van der Waals surface area (Å²) in [6.45, 7) is -3.02. The largest absolute Gasteiger partial charge is 0.480 e. The number of carboxylic acids is 1. The number of nitrogens with two attached hydrogens (primary N) is 11. The molecule has 0 aliphatic rings. The summed E-state index contributed by atoms with van der Waals surface area (Å²) in [4.78, 5) is 147. The summed E-state index contributed by atoms with van der Waals surface area (Å²) in [6.07, 6.45) is 1.02. The monoisotopic (exact) mass is 1080 g/mol. The minimum Gasteiger partial charge on any atom is -0.480 e. The van der Waals surface area contributed by atoms with E-state index in [1.165, 1.54) is 0 Å². The Hall–Kier alpha value is -8.99. The van der Waals surface area contributed by atoms with E-state index in [1.807, 2.05) is 0 Å². The first kappa shape index (κ1) is 67.0. The van der Waals surface area contributed by atoms with Crippen molar-refractivity contribution in [3.8, 4) is 0 Å². The Bertz CT molecular complexity index is 2080. The van der Waals surface area contributed by atoms with E-state index in [0.29, 0.717) is 6.42 Å². The molecule has 0 aliphatic carbocycles. The fraction of sp³-hybridized carbons (Fsp3) is 0.625. The number of carbonyl (C=O) groups is 10. The number of nitrogens with zero attached hydrogens (tertiary/aromatic N) is 5. The molecule has 0 saturated carbocycles. The van der Waals surface area contributed by atoms with Crippen molar-refractivity contribution in [2.24, 2.45) is 88.0 Å². The molecule has 0 unspecified atom stereocenters. The molecule has 0 saturated heterocycles. The first-order valence-corrected chi connectivity index (χ1v) is 23.6. The first-order chi connectivity index (χ1) is 35.8. The van der Waals surface area contributed by atoms with Gasteiger partial charge in [-0.15, -0.1) is 0 Å². The quantitative estimate of drug-likeness (QED) is 0.0154. The second-order valence-electron chi connectivity index (χ2n) is 16.3. The molecule has 428 valence electrons. The zero-order valence-electron chi connectivity index (χ0n) is 42.1. The molecule has 0 rings (SSSR count). The molecule has 0 fully saturated rings. The third-order valence-electron chi connectivity index (χ3n) is 9.80. The van der Waals surface area contributed by atoms with Gasteiger partial charge in [0.25, 0.3) is 0 Å². The molecule has 0 heterocycles. The van der Waals surface area contributed by atoms with Crippen LogP contribution in [0.4, 0.5) is 0 Å². The van der Waals surface area contributed by atoms with Gasteiger partial charge in [-0.3, -0.25) is 72.9 Å². The lowest BCUT2D eigenvalue weighted by Gasteiger charge is -2.21. The molecule has 0 aromatic rings. The lowest BCUT2D eigenvalue weighted by atomic mass is 10.1. The molecular weight excluding hydrogens is 1010 g/mol. The van der Waals surface area contributed by atoms with Crippen LogP contribution in [0.1, 0.15) is 64.2 Å². The molecule has 36 nitrogen and oxygen atoms in total. The highest BCUT2D eigenvalue weighted by Crippen LogP contribution is 2.04. The summed E-state index contributed by atoms with van der Waals surface area (Å²) in [6, 6.07) is -6.19. The smallest absolute Gasteiger partial charge is 0.322 e. The molecule has 0 aromatic carbocycles. The van der Waals surface area contributed by atoms with Gasteiger partial charge in [0, 0.05) is 32.7 Å².